The van der Waals surface area contributed by atoms with Crippen molar-refractivity contribution in [3.63, 3.8) is 0 Å². The fourth-order valence-corrected chi connectivity index (χ4v) is 19.7. The highest BCUT2D eigenvalue weighted by atomic mass is 16.2. The van der Waals surface area contributed by atoms with Crippen molar-refractivity contribution >= 4 is 84.1 Å². The smallest absolute Gasteiger partial charge is 0.267 e. The minimum absolute atomic E-state index is 0.0284. The Kier molecular flexibility index (Phi) is 33.2. The molecule has 5 aliphatic rings. The summed E-state index contributed by atoms with van der Waals surface area (Å²) in [5, 5.41) is 20.3. The first-order valence-electron chi connectivity index (χ1n) is 50.4. The molecule has 724 valence electrons. The molecule has 22 nitrogen and oxygen atoms in total. The molecule has 20 rings (SSSR count). The number of carbonyl (C=O) groups excluding carboxylic acids is 5. The normalized spacial score (nSPS) is 18.0. The molecule has 5 aliphatic carbocycles. The third kappa shape index (κ3) is 27.1. The van der Waals surface area contributed by atoms with Crippen LogP contribution in [0, 0.1) is 69.1 Å². The standard InChI is InChI=1S/C26H32N4O.3C23H27N3O.C22H28N4O/c27-22(11-12-23(28)19-7-8-19)15-29-26(31)25-14-21-10-9-20(13-24(21)30-25)18-5-3-17(4-6-18)16-1-2-16;3*1-15-2-6-18(7-3-15)19-8-9-20-12-22(26-21(20)11-19)23(27)25-14-17-5-4-16(10-17)13-24;1-14-3-6-16(7-4-14)17-8-9-18-12-21(26-20(18)11-17)22(27)25-13-19(24)10-5-15(2)23/h3-6,9-10,13-14,16,19,22-23,30H,1-2,7-8,11-12,15,27-28H2,(H,29,31);3*2-3,6-9,11-12,16-17,26H,4-5,10,13-14,24H2,1H3,(H,25,27);3-4,6-9,11-12,15,19,26H,5,10,13,23-24H2,1-2H3,(H,25,27)/t22-,23?;16-,17+;2*16-,17-;15?,19-/m00100/s1. The highest BCUT2D eigenvalue weighted by molar-refractivity contribution is 6.03. The third-order valence-corrected chi connectivity index (χ3v) is 28.9. The highest BCUT2D eigenvalue weighted by Crippen LogP contribution is 2.42. The van der Waals surface area contributed by atoms with Crippen LogP contribution in [0.2, 0.25) is 0 Å². The largest absolute Gasteiger partial charge is 0.351 e. The number of rotatable bonds is 31. The molecule has 0 aliphatic heterocycles. The summed E-state index contributed by atoms with van der Waals surface area (Å²) in [6.45, 7) is 15.7. The summed E-state index contributed by atoms with van der Waals surface area (Å²) in [6, 6.07) is 83.9. The van der Waals surface area contributed by atoms with Crippen LogP contribution < -0.4 is 66.7 Å². The molecule has 139 heavy (non-hydrogen) atoms. The number of hydrogen-bond acceptors (Lipinski definition) is 12. The Morgan fingerprint density at radius 1 is 0.288 bits per heavy atom. The molecule has 5 aromatic heterocycles. The Morgan fingerprint density at radius 3 is 0.777 bits per heavy atom. The number of carbonyl (C=O) groups is 5. The van der Waals surface area contributed by atoms with Crippen molar-refractivity contribution in [3.8, 4) is 55.6 Å². The van der Waals surface area contributed by atoms with E-state index in [0.717, 1.165) is 197 Å². The zero-order valence-electron chi connectivity index (χ0n) is 81.3. The number of aryl methyl sites for hydroxylation is 4. The van der Waals surface area contributed by atoms with Gasteiger partial charge in [-0.05, 0) is 333 Å². The van der Waals surface area contributed by atoms with Gasteiger partial charge in [0.15, 0.2) is 0 Å². The van der Waals surface area contributed by atoms with Crippen LogP contribution in [0.1, 0.15) is 202 Å². The molecule has 10 aromatic carbocycles. The van der Waals surface area contributed by atoms with Crippen LogP contribution in [-0.2, 0) is 0 Å². The summed E-state index contributed by atoms with van der Waals surface area (Å²) in [5.41, 5.74) is 67.3. The van der Waals surface area contributed by atoms with Gasteiger partial charge in [0, 0.05) is 111 Å². The second-order valence-corrected chi connectivity index (χ2v) is 40.3. The molecule has 5 fully saturated rings. The lowest BCUT2D eigenvalue weighted by Gasteiger charge is -2.15. The van der Waals surface area contributed by atoms with Crippen LogP contribution in [0.25, 0.3) is 110 Å². The van der Waals surface area contributed by atoms with E-state index in [0.29, 0.717) is 83.0 Å². The number of fused-ring (bicyclic) bond motifs is 5. The lowest BCUT2D eigenvalue weighted by molar-refractivity contribution is 0.0935. The van der Waals surface area contributed by atoms with Gasteiger partial charge in [-0.25, -0.2) is 0 Å². The van der Waals surface area contributed by atoms with Crippen LogP contribution in [-0.4, -0.2) is 131 Å². The van der Waals surface area contributed by atoms with E-state index in [1.165, 1.54) is 95.0 Å². The van der Waals surface area contributed by atoms with Gasteiger partial charge in [0.05, 0.1) is 0 Å². The van der Waals surface area contributed by atoms with Gasteiger partial charge in [0.1, 0.15) is 28.5 Å². The predicted molar refractivity (Wildman–Crippen MR) is 570 cm³/mol. The monoisotopic (exact) mass is 1860 g/mol. The second kappa shape index (κ2) is 46.6. The molecule has 5 saturated carbocycles. The van der Waals surface area contributed by atoms with Crippen LogP contribution in [0.3, 0.4) is 0 Å². The molecule has 24 N–H and O–H groups in total. The molecule has 15 aromatic rings. The van der Waals surface area contributed by atoms with Gasteiger partial charge in [0.25, 0.3) is 29.5 Å². The number of H-pyrrole nitrogens is 5. The summed E-state index contributed by atoms with van der Waals surface area (Å²) < 4.78 is 0. The number of amides is 5. The summed E-state index contributed by atoms with van der Waals surface area (Å²) in [5.74, 6) is 4.66. The van der Waals surface area contributed by atoms with Gasteiger partial charge in [-0.3, -0.25) is 24.0 Å². The number of aromatic nitrogens is 5. The number of aromatic amines is 5. The third-order valence-electron chi connectivity index (χ3n) is 28.9. The maximum absolute atomic E-state index is 12.6. The first-order chi connectivity index (χ1) is 67.3. The van der Waals surface area contributed by atoms with E-state index in [1.54, 1.807) is 0 Å². The highest BCUT2D eigenvalue weighted by Gasteiger charge is 2.31. The second-order valence-electron chi connectivity index (χ2n) is 40.3. The first-order valence-corrected chi connectivity index (χ1v) is 50.4. The molecule has 2 unspecified atom stereocenters. The summed E-state index contributed by atoms with van der Waals surface area (Å²) >= 11 is 0. The van der Waals surface area contributed by atoms with Crippen LogP contribution in [0.5, 0.6) is 0 Å². The van der Waals surface area contributed by atoms with Gasteiger partial charge in [-0.1, -0.05) is 204 Å². The van der Waals surface area contributed by atoms with Crippen molar-refractivity contribution in [1.82, 2.24) is 51.5 Å². The number of nitrogens with two attached hydrogens (primary N) is 7. The minimum atomic E-state index is -0.140. The predicted octanol–water partition coefficient (Wildman–Crippen LogP) is 20.4. The molecule has 0 radical (unpaired) electrons. The van der Waals surface area contributed by atoms with Crippen molar-refractivity contribution in [2.75, 3.05) is 52.4 Å². The fraction of sp³-hybridized carbons (Fsp3) is 0.359. The molecule has 0 saturated heterocycles. The molecule has 0 bridgehead atoms. The van der Waals surface area contributed by atoms with Gasteiger partial charge in [-0.15, -0.1) is 0 Å². The molecule has 0 spiro atoms. The topological polar surface area (TPSA) is 407 Å². The zero-order valence-corrected chi connectivity index (χ0v) is 81.3. The van der Waals surface area contributed by atoms with Crippen LogP contribution >= 0.6 is 0 Å². The quantitative estimate of drug-likeness (QED) is 0.0193. The summed E-state index contributed by atoms with van der Waals surface area (Å²) in [6.07, 6.45) is 19.0. The Morgan fingerprint density at radius 2 is 0.532 bits per heavy atom. The van der Waals surface area contributed by atoms with Gasteiger partial charge in [-0.2, -0.15) is 0 Å². The molecule has 22 heteroatoms. The lowest BCUT2D eigenvalue weighted by atomic mass is 10.0. The molecular formula is C117H141N17O5. The zero-order chi connectivity index (χ0) is 97.2. The Balaban J connectivity index is 0.000000126. The van der Waals surface area contributed by atoms with E-state index in [1.807, 2.05) is 43.3 Å². The van der Waals surface area contributed by atoms with E-state index < -0.39 is 0 Å². The number of nitrogens with one attached hydrogen (secondary N) is 10. The van der Waals surface area contributed by atoms with Gasteiger partial charge in [0.2, 0.25) is 0 Å². The molecule has 10 atom stereocenters. The maximum Gasteiger partial charge on any atom is 0.267 e. The average Bonchev–Trinajstić information content (AvgIpc) is 1.68. The Bertz CT molecular complexity index is 6280. The fourth-order valence-electron chi connectivity index (χ4n) is 19.7. The maximum atomic E-state index is 12.6. The van der Waals surface area contributed by atoms with Crippen molar-refractivity contribution in [3.05, 3.63) is 299 Å². The van der Waals surface area contributed by atoms with Crippen LogP contribution in [0.15, 0.2) is 243 Å². The van der Waals surface area contributed by atoms with Gasteiger partial charge >= 0.3 is 0 Å². The lowest BCUT2D eigenvalue weighted by Crippen LogP contribution is -2.38. The Hall–Kier alpha value is -13.0. The summed E-state index contributed by atoms with van der Waals surface area (Å²) in [7, 11) is 0. The van der Waals surface area contributed by atoms with E-state index in [-0.39, 0.29) is 53.7 Å². The Labute approximate surface area is 816 Å². The first kappa shape index (κ1) is 99.0. The van der Waals surface area contributed by atoms with Crippen molar-refractivity contribution in [2.45, 2.75) is 174 Å². The van der Waals surface area contributed by atoms with Gasteiger partial charge < -0.3 is 91.6 Å². The molecular weight excluding hydrogens is 1720 g/mol. The van der Waals surface area contributed by atoms with E-state index in [2.05, 4.69) is 285 Å². The van der Waals surface area contributed by atoms with Crippen LogP contribution in [0.4, 0.5) is 0 Å². The molecule has 5 heterocycles. The summed E-state index contributed by atoms with van der Waals surface area (Å²) in [4.78, 5) is 79.0. The SMILES string of the molecule is Cc1ccc(-c2ccc3cc(C(=O)NC[C@@H](N)CCC(C)N)[nH]c3c2)cc1.Cc1ccc(-c2ccc3cc(C(=O)NC[C@@H]4CC[C@@H](CN)C4)[nH]c3c2)cc1.Cc1ccc(-c2ccc3cc(C(=O)NC[C@@H]4CC[C@H](CN)C4)[nH]c3c2)cc1.Cc1ccc(-c2ccc3cc(C(=O)NC[C@H]4CC[C@H](CN)C4)[nH]c3c2)cc1.NC(CC[C@H](N)CNC(=O)c1cc2ccc(-c3ccc(C4CC4)cc3)cc2[nH]1)C1CC1. The minimum Gasteiger partial charge on any atom is -0.351 e. The average molecular weight is 1870 g/mol. The van der Waals surface area contributed by atoms with E-state index in [4.69, 9.17) is 40.1 Å². The van der Waals surface area contributed by atoms with E-state index in [9.17, 15) is 24.0 Å². The number of hydrogen-bond donors (Lipinski definition) is 17. The van der Waals surface area contributed by atoms with E-state index >= 15 is 0 Å². The van der Waals surface area contributed by atoms with Crippen molar-refractivity contribution in [1.29, 1.82) is 0 Å². The molecule has 5 amide bonds. The number of benzene rings is 10. The van der Waals surface area contributed by atoms with Crippen molar-refractivity contribution < 1.29 is 24.0 Å². The van der Waals surface area contributed by atoms with Crippen molar-refractivity contribution in [2.24, 2.45) is 81.6 Å².